The Hall–Kier alpha value is -2.27. The van der Waals surface area contributed by atoms with Crippen molar-refractivity contribution in [2.75, 3.05) is 17.7 Å². The number of anilines is 1. The van der Waals surface area contributed by atoms with Crippen LogP contribution in [0.4, 0.5) is 5.69 Å². The number of carbonyl (C=O) groups excluding carboxylic acids is 2. The second kappa shape index (κ2) is 9.78. The van der Waals surface area contributed by atoms with E-state index in [0.29, 0.717) is 11.4 Å². The highest BCUT2D eigenvalue weighted by Gasteiger charge is 2.08. The van der Waals surface area contributed by atoms with E-state index in [2.05, 4.69) is 12.2 Å². The van der Waals surface area contributed by atoms with Gasteiger partial charge in [0.1, 0.15) is 0 Å². The molecule has 24 heavy (non-hydrogen) atoms. The van der Waals surface area contributed by atoms with E-state index in [0.717, 1.165) is 11.3 Å². The minimum Gasteiger partial charge on any atom is -0.456 e. The first kappa shape index (κ1) is 18.1. The summed E-state index contributed by atoms with van der Waals surface area (Å²) >= 11 is 1.59. The van der Waals surface area contributed by atoms with Crippen LogP contribution in [0.2, 0.25) is 0 Å². The van der Waals surface area contributed by atoms with Gasteiger partial charge in [0.05, 0.1) is 6.42 Å². The Morgan fingerprint density at radius 3 is 2.42 bits per heavy atom. The normalized spacial score (nSPS) is 10.2. The number of esters is 1. The summed E-state index contributed by atoms with van der Waals surface area (Å²) in [5.74, 6) is -0.0682. The topological polar surface area (TPSA) is 55.4 Å². The van der Waals surface area contributed by atoms with Crippen LogP contribution in [0.1, 0.15) is 18.9 Å². The van der Waals surface area contributed by atoms with Gasteiger partial charge in [0, 0.05) is 16.3 Å². The lowest BCUT2D eigenvalue weighted by molar-refractivity contribution is -0.146. The zero-order valence-corrected chi connectivity index (χ0v) is 14.5. The Labute approximate surface area is 146 Å². The summed E-state index contributed by atoms with van der Waals surface area (Å²) in [6.45, 7) is 1.81. The Morgan fingerprint density at radius 2 is 1.75 bits per heavy atom. The molecule has 0 heterocycles. The molecule has 126 valence electrons. The van der Waals surface area contributed by atoms with Crippen molar-refractivity contribution in [3.8, 4) is 0 Å². The third-order valence-electron chi connectivity index (χ3n) is 3.33. The Kier molecular flexibility index (Phi) is 7.36. The molecule has 2 rings (SSSR count). The number of nitrogens with one attached hydrogen (secondary N) is 1. The highest BCUT2D eigenvalue weighted by molar-refractivity contribution is 7.99. The van der Waals surface area contributed by atoms with E-state index in [1.54, 1.807) is 11.8 Å². The minimum atomic E-state index is -0.366. The van der Waals surface area contributed by atoms with Crippen LogP contribution in [-0.4, -0.2) is 24.2 Å². The molecule has 0 aliphatic rings. The van der Waals surface area contributed by atoms with Gasteiger partial charge in [0.2, 0.25) is 0 Å². The maximum atomic E-state index is 11.8. The molecule has 0 aliphatic carbocycles. The van der Waals surface area contributed by atoms with Crippen molar-refractivity contribution in [2.45, 2.75) is 24.7 Å². The van der Waals surface area contributed by atoms with Gasteiger partial charge in [-0.2, -0.15) is 0 Å². The molecule has 0 unspecified atom stereocenters. The van der Waals surface area contributed by atoms with Crippen molar-refractivity contribution in [1.82, 2.24) is 0 Å². The summed E-state index contributed by atoms with van der Waals surface area (Å²) in [4.78, 5) is 24.5. The highest BCUT2D eigenvalue weighted by atomic mass is 32.2. The highest BCUT2D eigenvalue weighted by Crippen LogP contribution is 2.17. The number of carbonyl (C=O) groups is 2. The number of ether oxygens (including phenoxy) is 1. The van der Waals surface area contributed by atoms with E-state index < -0.39 is 0 Å². The number of thioether (sulfide) groups is 1. The smallest absolute Gasteiger partial charge is 0.307 e. The molecule has 2 aromatic carbocycles. The molecule has 0 saturated carbocycles. The minimum absolute atomic E-state index is 0.260. The zero-order valence-electron chi connectivity index (χ0n) is 13.7. The Bertz CT molecular complexity index is 656. The zero-order chi connectivity index (χ0) is 17.2. The summed E-state index contributed by atoms with van der Waals surface area (Å²) < 4.78 is 4.99. The van der Waals surface area contributed by atoms with Crippen LogP contribution in [0.3, 0.4) is 0 Å². The molecule has 0 aromatic heterocycles. The van der Waals surface area contributed by atoms with Crippen molar-refractivity contribution in [3.63, 3.8) is 0 Å². The van der Waals surface area contributed by atoms with E-state index >= 15 is 0 Å². The number of benzene rings is 2. The third-order valence-corrected chi connectivity index (χ3v) is 4.34. The molecule has 2 aromatic rings. The molecule has 4 nitrogen and oxygen atoms in total. The number of rotatable bonds is 8. The first-order chi connectivity index (χ1) is 11.7. The van der Waals surface area contributed by atoms with Gasteiger partial charge in [-0.1, -0.05) is 37.3 Å². The summed E-state index contributed by atoms with van der Waals surface area (Å²) in [6.07, 6.45) is 1.23. The molecule has 0 spiro atoms. The fourth-order valence-corrected chi connectivity index (χ4v) is 2.86. The monoisotopic (exact) mass is 343 g/mol. The molecule has 0 fully saturated rings. The van der Waals surface area contributed by atoms with Crippen LogP contribution in [0.25, 0.3) is 0 Å². The molecular formula is C19H21NO3S. The SMILES string of the molecule is CCc1ccc(NC(=O)COC(=O)CCSc2ccccc2)cc1. The predicted octanol–water partition coefficient (Wildman–Crippen LogP) is 3.91. The van der Waals surface area contributed by atoms with Gasteiger partial charge in [-0.05, 0) is 36.2 Å². The molecule has 0 aliphatic heterocycles. The number of aryl methyl sites for hydroxylation is 1. The van der Waals surface area contributed by atoms with Crippen molar-refractivity contribution < 1.29 is 14.3 Å². The van der Waals surface area contributed by atoms with Crippen LogP contribution < -0.4 is 5.32 Å². The van der Waals surface area contributed by atoms with Crippen LogP contribution in [0.15, 0.2) is 59.5 Å². The van der Waals surface area contributed by atoms with E-state index in [1.807, 2.05) is 54.6 Å². The number of hydrogen-bond donors (Lipinski definition) is 1. The molecule has 0 bridgehead atoms. The van der Waals surface area contributed by atoms with Crippen LogP contribution in [0.5, 0.6) is 0 Å². The van der Waals surface area contributed by atoms with E-state index in [1.165, 1.54) is 5.56 Å². The van der Waals surface area contributed by atoms with E-state index in [4.69, 9.17) is 4.74 Å². The van der Waals surface area contributed by atoms with Crippen LogP contribution >= 0.6 is 11.8 Å². The fourth-order valence-electron chi connectivity index (χ4n) is 2.01. The lowest BCUT2D eigenvalue weighted by atomic mass is 10.1. The van der Waals surface area contributed by atoms with Crippen molar-refractivity contribution in [1.29, 1.82) is 0 Å². The molecule has 5 heteroatoms. The Balaban J connectivity index is 1.64. The first-order valence-electron chi connectivity index (χ1n) is 7.89. The van der Waals surface area contributed by atoms with Gasteiger partial charge >= 0.3 is 5.97 Å². The molecule has 0 radical (unpaired) electrons. The third kappa shape index (κ3) is 6.46. The molecular weight excluding hydrogens is 322 g/mol. The second-order valence-corrected chi connectivity index (χ2v) is 6.34. The number of hydrogen-bond acceptors (Lipinski definition) is 4. The van der Waals surface area contributed by atoms with Gasteiger partial charge in [0.25, 0.3) is 5.91 Å². The predicted molar refractivity (Wildman–Crippen MR) is 97.2 cm³/mol. The maximum Gasteiger partial charge on any atom is 0.307 e. The lowest BCUT2D eigenvalue weighted by Crippen LogP contribution is -2.21. The average Bonchev–Trinajstić information content (AvgIpc) is 2.61. The summed E-state index contributed by atoms with van der Waals surface area (Å²) in [5, 5.41) is 2.71. The van der Waals surface area contributed by atoms with Gasteiger partial charge in [-0.25, -0.2) is 0 Å². The average molecular weight is 343 g/mol. The van der Waals surface area contributed by atoms with Gasteiger partial charge in [0.15, 0.2) is 6.61 Å². The summed E-state index contributed by atoms with van der Waals surface area (Å²) in [6, 6.07) is 17.5. The maximum absolute atomic E-state index is 11.8. The van der Waals surface area contributed by atoms with Gasteiger partial charge in [-0.3, -0.25) is 9.59 Å². The van der Waals surface area contributed by atoms with E-state index in [9.17, 15) is 9.59 Å². The van der Waals surface area contributed by atoms with Gasteiger partial charge in [-0.15, -0.1) is 11.8 Å². The second-order valence-electron chi connectivity index (χ2n) is 5.17. The van der Waals surface area contributed by atoms with Gasteiger partial charge < -0.3 is 10.1 Å². The van der Waals surface area contributed by atoms with Crippen molar-refractivity contribution in [2.24, 2.45) is 0 Å². The lowest BCUT2D eigenvalue weighted by Gasteiger charge is -2.07. The summed E-state index contributed by atoms with van der Waals surface area (Å²) in [5.41, 5.74) is 1.91. The molecule has 0 saturated heterocycles. The largest absolute Gasteiger partial charge is 0.456 e. The molecule has 1 amide bonds. The van der Waals surface area contributed by atoms with Crippen molar-refractivity contribution >= 4 is 29.3 Å². The summed E-state index contributed by atoms with van der Waals surface area (Å²) in [7, 11) is 0. The fraction of sp³-hybridized carbons (Fsp3) is 0.263. The standard InChI is InChI=1S/C19H21NO3S/c1-2-15-8-10-16(11-9-15)20-18(21)14-23-19(22)12-13-24-17-6-4-3-5-7-17/h3-11H,2,12-14H2,1H3,(H,20,21). The van der Waals surface area contributed by atoms with E-state index in [-0.39, 0.29) is 24.9 Å². The first-order valence-corrected chi connectivity index (χ1v) is 8.88. The quantitative estimate of drug-likeness (QED) is 0.583. The van der Waals surface area contributed by atoms with Crippen LogP contribution in [-0.2, 0) is 20.7 Å². The van der Waals surface area contributed by atoms with Crippen molar-refractivity contribution in [3.05, 3.63) is 60.2 Å². The molecule has 1 N–H and O–H groups in total. The Morgan fingerprint density at radius 1 is 1.04 bits per heavy atom. The number of amides is 1. The molecule has 0 atom stereocenters. The van der Waals surface area contributed by atoms with Crippen LogP contribution in [0, 0.1) is 0 Å².